The Labute approximate surface area is 134 Å². The van der Waals surface area contributed by atoms with Gasteiger partial charge in [-0.15, -0.1) is 0 Å². The molecule has 1 aromatic carbocycles. The second kappa shape index (κ2) is 7.53. The number of esters is 1. The molecule has 1 aromatic rings. The molecule has 1 aliphatic heterocycles. The zero-order chi connectivity index (χ0) is 16.8. The molecule has 0 bridgehead atoms. The number of anilines is 1. The molecule has 0 radical (unpaired) electrons. The normalized spacial score (nSPS) is 15.2. The van der Waals surface area contributed by atoms with Crippen molar-refractivity contribution in [3.05, 3.63) is 30.3 Å². The Bertz CT molecular complexity index is 627. The molecule has 0 saturated carbocycles. The molecular weight excluding hydrogens is 298 g/mol. The molecule has 0 spiro atoms. The van der Waals surface area contributed by atoms with Gasteiger partial charge >= 0.3 is 5.97 Å². The molecule has 7 nitrogen and oxygen atoms in total. The average Bonchev–Trinajstić information content (AvgIpc) is 2.57. The van der Waals surface area contributed by atoms with Gasteiger partial charge in [0.15, 0.2) is 6.10 Å². The number of nitrogens with one attached hydrogen (secondary N) is 1. The summed E-state index contributed by atoms with van der Waals surface area (Å²) in [4.78, 5) is 37.0. The lowest BCUT2D eigenvalue weighted by atomic mass is 10.2. The summed E-state index contributed by atoms with van der Waals surface area (Å²) in [7, 11) is 0. The number of hydrogen-bond acceptors (Lipinski definition) is 5. The van der Waals surface area contributed by atoms with E-state index in [9.17, 15) is 14.4 Å². The Hall–Kier alpha value is -2.70. The van der Waals surface area contributed by atoms with Crippen molar-refractivity contribution >= 4 is 29.2 Å². The van der Waals surface area contributed by atoms with Crippen molar-refractivity contribution in [1.29, 1.82) is 0 Å². The van der Waals surface area contributed by atoms with Gasteiger partial charge in [0.2, 0.25) is 5.91 Å². The third-order valence-corrected chi connectivity index (χ3v) is 3.42. The van der Waals surface area contributed by atoms with E-state index in [4.69, 9.17) is 4.74 Å². The lowest BCUT2D eigenvalue weighted by molar-refractivity contribution is -0.147. The molecule has 0 aromatic heterocycles. The van der Waals surface area contributed by atoms with Gasteiger partial charge in [0, 0.05) is 25.1 Å². The van der Waals surface area contributed by atoms with Crippen molar-refractivity contribution in [2.45, 2.75) is 32.8 Å². The lowest BCUT2D eigenvalue weighted by Crippen LogP contribution is -2.41. The van der Waals surface area contributed by atoms with Crippen molar-refractivity contribution in [2.24, 2.45) is 5.10 Å². The number of carbonyl (C=O) groups excluding carboxylic acids is 3. The summed E-state index contributed by atoms with van der Waals surface area (Å²) in [6.45, 7) is 3.83. The highest BCUT2D eigenvalue weighted by Gasteiger charge is 2.27. The van der Waals surface area contributed by atoms with Gasteiger partial charge in [0.1, 0.15) is 5.71 Å². The first-order chi connectivity index (χ1) is 11.0. The Morgan fingerprint density at radius 1 is 1.30 bits per heavy atom. The zero-order valence-electron chi connectivity index (χ0n) is 13.1. The maximum absolute atomic E-state index is 12.5. The molecular formula is C16H19N3O4. The Kier molecular flexibility index (Phi) is 5.46. The predicted molar refractivity (Wildman–Crippen MR) is 84.8 cm³/mol. The lowest BCUT2D eigenvalue weighted by Gasteiger charge is -2.24. The van der Waals surface area contributed by atoms with Gasteiger partial charge in [-0.05, 0) is 26.0 Å². The Morgan fingerprint density at radius 3 is 2.57 bits per heavy atom. The summed E-state index contributed by atoms with van der Waals surface area (Å²) >= 11 is 0. The van der Waals surface area contributed by atoms with Crippen LogP contribution in [0.4, 0.5) is 5.69 Å². The van der Waals surface area contributed by atoms with E-state index in [0.29, 0.717) is 6.54 Å². The van der Waals surface area contributed by atoms with Crippen LogP contribution < -0.4 is 10.3 Å². The fourth-order valence-electron chi connectivity index (χ4n) is 2.19. The highest BCUT2D eigenvalue weighted by atomic mass is 16.5. The number of ether oxygens (including phenoxy) is 1. The van der Waals surface area contributed by atoms with Gasteiger partial charge in [-0.2, -0.15) is 5.10 Å². The molecule has 0 saturated heterocycles. The van der Waals surface area contributed by atoms with Crippen LogP contribution in [0.3, 0.4) is 0 Å². The number of amides is 2. The third kappa shape index (κ3) is 4.15. The topological polar surface area (TPSA) is 88.1 Å². The molecule has 0 unspecified atom stereocenters. The van der Waals surface area contributed by atoms with Crippen LogP contribution >= 0.6 is 0 Å². The van der Waals surface area contributed by atoms with Crippen molar-refractivity contribution in [3.63, 3.8) is 0 Å². The number of carbonyl (C=O) groups is 3. The molecule has 0 aliphatic carbocycles. The van der Waals surface area contributed by atoms with Crippen molar-refractivity contribution < 1.29 is 19.1 Å². The quantitative estimate of drug-likeness (QED) is 0.828. The zero-order valence-corrected chi connectivity index (χ0v) is 13.1. The van der Waals surface area contributed by atoms with E-state index in [0.717, 1.165) is 5.69 Å². The summed E-state index contributed by atoms with van der Waals surface area (Å²) in [5.74, 6) is -1.24. The highest BCUT2D eigenvalue weighted by Crippen LogP contribution is 2.15. The van der Waals surface area contributed by atoms with E-state index in [1.54, 1.807) is 4.90 Å². The molecule has 2 rings (SSSR count). The first kappa shape index (κ1) is 16.7. The van der Waals surface area contributed by atoms with Crippen LogP contribution in [0.25, 0.3) is 0 Å². The van der Waals surface area contributed by atoms with E-state index < -0.39 is 12.1 Å². The van der Waals surface area contributed by atoms with Gasteiger partial charge < -0.3 is 9.64 Å². The molecule has 0 fully saturated rings. The number of likely N-dealkylation sites (N-methyl/N-ethyl adjacent to an activating group) is 1. The minimum absolute atomic E-state index is 0.118. The van der Waals surface area contributed by atoms with Crippen LogP contribution in [0.2, 0.25) is 0 Å². The van der Waals surface area contributed by atoms with Gasteiger partial charge in [-0.1, -0.05) is 18.2 Å². The summed E-state index contributed by atoms with van der Waals surface area (Å²) in [5.41, 5.74) is 3.09. The monoisotopic (exact) mass is 317 g/mol. The third-order valence-electron chi connectivity index (χ3n) is 3.42. The van der Waals surface area contributed by atoms with Crippen LogP contribution in [0.1, 0.15) is 26.7 Å². The van der Waals surface area contributed by atoms with Crippen LogP contribution in [0, 0.1) is 0 Å². The van der Waals surface area contributed by atoms with Crippen molar-refractivity contribution in [1.82, 2.24) is 5.43 Å². The molecule has 1 atom stereocenters. The van der Waals surface area contributed by atoms with Crippen molar-refractivity contribution in [2.75, 3.05) is 11.4 Å². The van der Waals surface area contributed by atoms with Crippen molar-refractivity contribution in [3.8, 4) is 0 Å². The maximum Gasteiger partial charge on any atom is 0.355 e. The average molecular weight is 317 g/mol. The minimum atomic E-state index is -0.942. The molecule has 122 valence electrons. The second-order valence-corrected chi connectivity index (χ2v) is 5.06. The summed E-state index contributed by atoms with van der Waals surface area (Å²) < 4.78 is 5.18. The molecule has 1 aliphatic rings. The van der Waals surface area contributed by atoms with Crippen LogP contribution in [0.5, 0.6) is 0 Å². The van der Waals surface area contributed by atoms with Gasteiger partial charge in [-0.3, -0.25) is 9.59 Å². The minimum Gasteiger partial charge on any atom is -0.448 e. The van der Waals surface area contributed by atoms with Gasteiger partial charge in [0.05, 0.1) is 0 Å². The Balaban J connectivity index is 2.01. The first-order valence-corrected chi connectivity index (χ1v) is 7.45. The summed E-state index contributed by atoms with van der Waals surface area (Å²) in [6, 6.07) is 9.16. The second-order valence-electron chi connectivity index (χ2n) is 5.06. The van der Waals surface area contributed by atoms with E-state index in [-0.39, 0.29) is 30.4 Å². The number of para-hydroxylation sites is 1. The summed E-state index contributed by atoms with van der Waals surface area (Å²) in [5, 5.41) is 3.66. The van der Waals surface area contributed by atoms with E-state index in [1.165, 1.54) is 6.92 Å². The molecule has 1 heterocycles. The SMILES string of the molecule is CCN(C(=O)[C@@H](C)OC(=O)C1=NNC(=O)CC1)c1ccccc1. The van der Waals surface area contributed by atoms with Crippen LogP contribution in [-0.4, -0.2) is 36.1 Å². The standard InChI is InChI=1S/C16H19N3O4/c1-3-19(12-7-5-4-6-8-12)15(21)11(2)23-16(22)13-9-10-14(20)18-17-13/h4-8,11H,3,9-10H2,1-2H3,(H,18,20)/t11-/m1/s1. The smallest absolute Gasteiger partial charge is 0.355 e. The Morgan fingerprint density at radius 2 is 2.00 bits per heavy atom. The van der Waals surface area contributed by atoms with Gasteiger partial charge in [0.25, 0.3) is 5.91 Å². The largest absolute Gasteiger partial charge is 0.448 e. The number of benzene rings is 1. The molecule has 7 heteroatoms. The molecule has 2 amide bonds. The number of hydrazone groups is 1. The highest BCUT2D eigenvalue weighted by molar-refractivity contribution is 6.37. The number of rotatable bonds is 5. The number of hydrogen-bond donors (Lipinski definition) is 1. The fourth-order valence-corrected chi connectivity index (χ4v) is 2.19. The predicted octanol–water partition coefficient (Wildman–Crippen LogP) is 1.24. The van der Waals surface area contributed by atoms with E-state index in [2.05, 4.69) is 10.5 Å². The van der Waals surface area contributed by atoms with Gasteiger partial charge in [-0.25, -0.2) is 10.2 Å². The van der Waals surface area contributed by atoms with Crippen LogP contribution in [0.15, 0.2) is 35.4 Å². The number of nitrogens with zero attached hydrogens (tertiary/aromatic N) is 2. The van der Waals surface area contributed by atoms with E-state index in [1.807, 2.05) is 37.3 Å². The summed E-state index contributed by atoms with van der Waals surface area (Å²) in [6.07, 6.45) is -0.550. The molecule has 1 N–H and O–H groups in total. The fraction of sp³-hybridized carbons (Fsp3) is 0.375. The first-order valence-electron chi connectivity index (χ1n) is 7.45. The molecule has 23 heavy (non-hydrogen) atoms. The van der Waals surface area contributed by atoms with Crippen LogP contribution in [-0.2, 0) is 19.1 Å². The maximum atomic E-state index is 12.5. The van der Waals surface area contributed by atoms with E-state index >= 15 is 0 Å².